The van der Waals surface area contributed by atoms with Gasteiger partial charge in [0.2, 0.25) is 0 Å². The molecule has 1 aromatic carbocycles. The van der Waals surface area contributed by atoms with Gasteiger partial charge in [0.05, 0.1) is 19.2 Å². The van der Waals surface area contributed by atoms with Crippen molar-refractivity contribution in [3.05, 3.63) is 76.2 Å². The standard InChI is InChI=1S/C22H23N3O2S/c1-27-17-8-6-16(7-9-17)12-25-21-15-23(13-18-4-3-11-28-18)14-20(21)24-10-2-5-19(24)22(25)26/h2-11,20-21H,12-15H2,1H3/t20-,21+/m0/s1. The topological polar surface area (TPSA) is 37.7 Å². The average molecular weight is 394 g/mol. The van der Waals surface area contributed by atoms with E-state index in [1.54, 1.807) is 18.4 Å². The highest BCUT2D eigenvalue weighted by atomic mass is 32.1. The molecular weight excluding hydrogens is 370 g/mol. The van der Waals surface area contributed by atoms with Gasteiger partial charge in [0.15, 0.2) is 0 Å². The van der Waals surface area contributed by atoms with Gasteiger partial charge < -0.3 is 14.2 Å². The molecule has 0 radical (unpaired) electrons. The quantitative estimate of drug-likeness (QED) is 0.664. The number of carbonyl (C=O) groups excluding carboxylic acids is 1. The summed E-state index contributed by atoms with van der Waals surface area (Å²) in [5, 5.41) is 2.13. The van der Waals surface area contributed by atoms with Crippen LogP contribution in [-0.4, -0.2) is 46.5 Å². The molecule has 0 saturated carbocycles. The van der Waals surface area contributed by atoms with Gasteiger partial charge in [-0.05, 0) is 41.3 Å². The Morgan fingerprint density at radius 1 is 1.04 bits per heavy atom. The van der Waals surface area contributed by atoms with Gasteiger partial charge in [-0.3, -0.25) is 9.69 Å². The second kappa shape index (κ2) is 7.11. The zero-order chi connectivity index (χ0) is 19.1. The van der Waals surface area contributed by atoms with Crippen LogP contribution in [0.3, 0.4) is 0 Å². The van der Waals surface area contributed by atoms with Crippen molar-refractivity contribution in [2.24, 2.45) is 0 Å². The molecule has 0 unspecified atom stereocenters. The normalized spacial score (nSPS) is 21.6. The van der Waals surface area contributed by atoms with E-state index in [0.29, 0.717) is 12.6 Å². The third-order valence-electron chi connectivity index (χ3n) is 5.82. The fourth-order valence-corrected chi connectivity index (χ4v) is 5.20. The molecule has 1 saturated heterocycles. The predicted octanol–water partition coefficient (Wildman–Crippen LogP) is 3.64. The van der Waals surface area contributed by atoms with Crippen LogP contribution in [0, 0.1) is 0 Å². The van der Waals surface area contributed by atoms with Crippen molar-refractivity contribution in [3.63, 3.8) is 0 Å². The SMILES string of the molecule is COc1ccc(CN2C(=O)c3cccn3[C@H]3CN(Cc4cccs4)C[C@H]32)cc1. The number of ether oxygens (including phenoxy) is 1. The van der Waals surface area contributed by atoms with Crippen LogP contribution >= 0.6 is 11.3 Å². The van der Waals surface area contributed by atoms with Gasteiger partial charge in [0.25, 0.3) is 5.91 Å². The van der Waals surface area contributed by atoms with Crippen LogP contribution in [0.25, 0.3) is 0 Å². The Labute approximate surface area is 168 Å². The van der Waals surface area contributed by atoms with E-state index in [-0.39, 0.29) is 11.9 Å². The molecule has 2 aliphatic rings. The summed E-state index contributed by atoms with van der Waals surface area (Å²) in [5.41, 5.74) is 1.93. The lowest BCUT2D eigenvalue weighted by Crippen LogP contribution is -2.49. The molecule has 0 N–H and O–H groups in total. The van der Waals surface area contributed by atoms with Crippen LogP contribution in [-0.2, 0) is 13.1 Å². The Bertz CT molecular complexity index is 964. The van der Waals surface area contributed by atoms with Crippen LogP contribution in [0.15, 0.2) is 60.1 Å². The molecule has 3 aromatic rings. The zero-order valence-electron chi connectivity index (χ0n) is 15.8. The Morgan fingerprint density at radius 3 is 2.61 bits per heavy atom. The monoisotopic (exact) mass is 393 g/mol. The van der Waals surface area contributed by atoms with Gasteiger partial charge in [-0.25, -0.2) is 0 Å². The van der Waals surface area contributed by atoms with E-state index < -0.39 is 0 Å². The van der Waals surface area contributed by atoms with Crippen molar-refractivity contribution >= 4 is 17.2 Å². The number of aromatic nitrogens is 1. The predicted molar refractivity (Wildman–Crippen MR) is 110 cm³/mol. The third-order valence-corrected chi connectivity index (χ3v) is 6.68. The van der Waals surface area contributed by atoms with Gasteiger partial charge in [-0.2, -0.15) is 0 Å². The van der Waals surface area contributed by atoms with E-state index in [1.165, 1.54) is 4.88 Å². The average Bonchev–Trinajstić information content (AvgIpc) is 3.46. The highest BCUT2D eigenvalue weighted by molar-refractivity contribution is 7.09. The molecule has 2 aromatic heterocycles. The largest absolute Gasteiger partial charge is 0.497 e. The molecule has 1 fully saturated rings. The highest BCUT2D eigenvalue weighted by Gasteiger charge is 2.44. The van der Waals surface area contributed by atoms with Gasteiger partial charge >= 0.3 is 0 Å². The first-order valence-corrected chi connectivity index (χ1v) is 10.5. The second-order valence-corrected chi connectivity index (χ2v) is 8.52. The number of amides is 1. The van der Waals surface area contributed by atoms with Crippen LogP contribution in [0.4, 0.5) is 0 Å². The number of likely N-dealkylation sites (tertiary alicyclic amines) is 1. The summed E-state index contributed by atoms with van der Waals surface area (Å²) in [6.45, 7) is 3.45. The zero-order valence-corrected chi connectivity index (χ0v) is 16.6. The Balaban J connectivity index is 1.42. The third kappa shape index (κ3) is 3.02. The fraction of sp³-hybridized carbons (Fsp3) is 0.318. The number of fused-ring (bicyclic) bond motifs is 3. The van der Waals surface area contributed by atoms with Crippen molar-refractivity contribution in [3.8, 4) is 5.75 Å². The van der Waals surface area contributed by atoms with Crippen LogP contribution in [0.1, 0.15) is 27.0 Å². The van der Waals surface area contributed by atoms with Crippen LogP contribution in [0.5, 0.6) is 5.75 Å². The fourth-order valence-electron chi connectivity index (χ4n) is 4.46. The van der Waals surface area contributed by atoms with Crippen LogP contribution in [0.2, 0.25) is 0 Å². The molecule has 144 valence electrons. The van der Waals surface area contributed by atoms with Crippen LogP contribution < -0.4 is 4.74 Å². The number of benzene rings is 1. The minimum atomic E-state index is 0.125. The summed E-state index contributed by atoms with van der Waals surface area (Å²) in [4.78, 5) is 19.2. The van der Waals surface area contributed by atoms with E-state index in [4.69, 9.17) is 4.74 Å². The lowest BCUT2D eigenvalue weighted by Gasteiger charge is -2.38. The molecule has 4 heterocycles. The number of hydrogen-bond donors (Lipinski definition) is 0. The number of nitrogens with zero attached hydrogens (tertiary/aromatic N) is 3. The number of carbonyl (C=O) groups is 1. The minimum Gasteiger partial charge on any atom is -0.497 e. The summed E-state index contributed by atoms with van der Waals surface area (Å²) < 4.78 is 7.45. The summed E-state index contributed by atoms with van der Waals surface area (Å²) in [7, 11) is 1.67. The van der Waals surface area contributed by atoms with Crippen molar-refractivity contribution in [2.75, 3.05) is 20.2 Å². The van der Waals surface area contributed by atoms with Crippen molar-refractivity contribution < 1.29 is 9.53 Å². The molecule has 2 aliphatic heterocycles. The maximum absolute atomic E-state index is 13.2. The molecule has 0 bridgehead atoms. The number of rotatable bonds is 5. The van der Waals surface area contributed by atoms with Gasteiger partial charge in [-0.15, -0.1) is 11.3 Å². The molecular formula is C22H23N3O2S. The van der Waals surface area contributed by atoms with E-state index in [2.05, 4.69) is 38.1 Å². The van der Waals surface area contributed by atoms with E-state index in [1.807, 2.05) is 36.4 Å². The lowest BCUT2D eigenvalue weighted by molar-refractivity contribution is 0.0556. The summed E-state index contributed by atoms with van der Waals surface area (Å²) in [6.07, 6.45) is 2.06. The van der Waals surface area contributed by atoms with Crippen molar-refractivity contribution in [1.82, 2.24) is 14.4 Å². The van der Waals surface area contributed by atoms with E-state index >= 15 is 0 Å². The first-order valence-electron chi connectivity index (χ1n) is 9.58. The smallest absolute Gasteiger partial charge is 0.271 e. The van der Waals surface area contributed by atoms with Gasteiger partial charge in [0.1, 0.15) is 11.4 Å². The minimum absolute atomic E-state index is 0.125. The molecule has 6 heteroatoms. The van der Waals surface area contributed by atoms with Gasteiger partial charge in [0, 0.05) is 37.3 Å². The molecule has 0 spiro atoms. The molecule has 0 aliphatic carbocycles. The molecule has 28 heavy (non-hydrogen) atoms. The number of thiophene rings is 1. The summed E-state index contributed by atoms with van der Waals surface area (Å²) in [5.74, 6) is 0.962. The van der Waals surface area contributed by atoms with Crippen molar-refractivity contribution in [1.29, 1.82) is 0 Å². The second-order valence-electron chi connectivity index (χ2n) is 7.49. The number of hydrogen-bond acceptors (Lipinski definition) is 4. The lowest BCUT2D eigenvalue weighted by atomic mass is 10.0. The Kier molecular flexibility index (Phi) is 4.45. The Hall–Kier alpha value is -2.57. The summed E-state index contributed by atoms with van der Waals surface area (Å²) in [6, 6.07) is 16.7. The van der Waals surface area contributed by atoms with E-state index in [9.17, 15) is 4.79 Å². The highest BCUT2D eigenvalue weighted by Crippen LogP contribution is 2.35. The molecule has 2 atom stereocenters. The molecule has 5 rings (SSSR count). The maximum atomic E-state index is 13.2. The van der Waals surface area contributed by atoms with E-state index in [0.717, 1.165) is 36.6 Å². The maximum Gasteiger partial charge on any atom is 0.271 e. The summed E-state index contributed by atoms with van der Waals surface area (Å²) >= 11 is 1.80. The Morgan fingerprint density at radius 2 is 1.86 bits per heavy atom. The molecule has 5 nitrogen and oxygen atoms in total. The molecule has 1 amide bonds. The number of methoxy groups -OCH3 is 1. The first kappa shape index (κ1) is 17.5. The van der Waals surface area contributed by atoms with Crippen molar-refractivity contribution in [2.45, 2.75) is 25.2 Å². The first-order chi connectivity index (χ1) is 13.7. The van der Waals surface area contributed by atoms with Gasteiger partial charge in [-0.1, -0.05) is 18.2 Å².